The summed E-state index contributed by atoms with van der Waals surface area (Å²) >= 11 is 0. The molecule has 0 amide bonds. The van der Waals surface area contributed by atoms with Crippen molar-refractivity contribution in [1.82, 2.24) is 4.72 Å². The van der Waals surface area contributed by atoms with Gasteiger partial charge < -0.3 is 0 Å². The van der Waals surface area contributed by atoms with E-state index in [0.717, 1.165) is 12.1 Å². The number of hydrogen-bond donors (Lipinski definition) is 1. The van der Waals surface area contributed by atoms with Crippen LogP contribution in [-0.4, -0.2) is 15.0 Å². The minimum absolute atomic E-state index is 0.117. The van der Waals surface area contributed by atoms with Crippen LogP contribution in [0.25, 0.3) is 0 Å². The molecule has 1 heterocycles. The average Bonchev–Trinajstić information content (AvgIpc) is 2.58. The number of alkyl halides is 3. The van der Waals surface area contributed by atoms with Gasteiger partial charge in [0.25, 0.3) is 0 Å². The standard InChI is InChI=1S/C9H8F3NO3S/c10-9(11,12)7-3-1-6(2-4-7)8-5-16-17(14,15)13-8/h1-4,8,13H,5H2/t8-/m1/s1. The second-order valence-electron chi connectivity index (χ2n) is 3.53. The van der Waals surface area contributed by atoms with Crippen LogP contribution in [0.5, 0.6) is 0 Å². The van der Waals surface area contributed by atoms with E-state index < -0.39 is 28.1 Å². The van der Waals surface area contributed by atoms with E-state index in [9.17, 15) is 21.6 Å². The van der Waals surface area contributed by atoms with Crippen molar-refractivity contribution in [3.63, 3.8) is 0 Å². The maximum Gasteiger partial charge on any atom is 0.416 e. The molecule has 1 aromatic rings. The van der Waals surface area contributed by atoms with Crippen molar-refractivity contribution in [3.05, 3.63) is 35.4 Å². The Bertz CT molecular complexity index is 509. The Labute approximate surface area is 95.7 Å². The average molecular weight is 267 g/mol. The first kappa shape index (κ1) is 12.3. The minimum atomic E-state index is -4.40. The second-order valence-corrected chi connectivity index (χ2v) is 4.91. The molecule has 1 N–H and O–H groups in total. The lowest BCUT2D eigenvalue weighted by Crippen LogP contribution is -2.19. The van der Waals surface area contributed by atoms with Crippen LogP contribution in [0.1, 0.15) is 17.2 Å². The molecule has 2 rings (SSSR count). The number of nitrogens with one attached hydrogen (secondary N) is 1. The van der Waals surface area contributed by atoms with Crippen molar-refractivity contribution in [2.75, 3.05) is 6.61 Å². The Kier molecular flexibility index (Phi) is 2.88. The molecule has 1 saturated heterocycles. The van der Waals surface area contributed by atoms with Crippen molar-refractivity contribution in [1.29, 1.82) is 0 Å². The molecule has 0 spiro atoms. The molecule has 0 unspecified atom stereocenters. The molecular formula is C9H8F3NO3S. The van der Waals surface area contributed by atoms with Crippen molar-refractivity contribution in [2.45, 2.75) is 12.2 Å². The largest absolute Gasteiger partial charge is 0.416 e. The third-order valence-electron chi connectivity index (χ3n) is 2.32. The van der Waals surface area contributed by atoms with Gasteiger partial charge in [0.2, 0.25) is 0 Å². The van der Waals surface area contributed by atoms with Crippen LogP contribution < -0.4 is 4.72 Å². The Morgan fingerprint density at radius 3 is 2.24 bits per heavy atom. The highest BCUT2D eigenvalue weighted by Gasteiger charge is 2.32. The molecule has 0 aliphatic carbocycles. The maximum atomic E-state index is 12.3. The summed E-state index contributed by atoms with van der Waals surface area (Å²) in [5.74, 6) is 0. The fourth-order valence-electron chi connectivity index (χ4n) is 1.47. The zero-order valence-corrected chi connectivity index (χ0v) is 9.18. The molecule has 0 bridgehead atoms. The van der Waals surface area contributed by atoms with Crippen LogP contribution in [0.15, 0.2) is 24.3 Å². The minimum Gasteiger partial charge on any atom is -0.256 e. The van der Waals surface area contributed by atoms with Crippen LogP contribution in [0.4, 0.5) is 13.2 Å². The summed E-state index contributed by atoms with van der Waals surface area (Å²) in [6.45, 7) is -0.117. The topological polar surface area (TPSA) is 55.4 Å². The molecule has 0 radical (unpaired) electrons. The maximum absolute atomic E-state index is 12.3. The van der Waals surface area contributed by atoms with Gasteiger partial charge >= 0.3 is 16.5 Å². The fourth-order valence-corrected chi connectivity index (χ4v) is 2.40. The van der Waals surface area contributed by atoms with Gasteiger partial charge in [-0.3, -0.25) is 4.18 Å². The van der Waals surface area contributed by atoms with Crippen LogP contribution in [0, 0.1) is 0 Å². The lowest BCUT2D eigenvalue weighted by molar-refractivity contribution is -0.137. The van der Waals surface area contributed by atoms with E-state index in [4.69, 9.17) is 0 Å². The fraction of sp³-hybridized carbons (Fsp3) is 0.333. The highest BCUT2D eigenvalue weighted by atomic mass is 32.2. The van der Waals surface area contributed by atoms with Gasteiger partial charge in [-0.05, 0) is 17.7 Å². The molecular weight excluding hydrogens is 259 g/mol. The predicted molar refractivity (Wildman–Crippen MR) is 52.2 cm³/mol. The van der Waals surface area contributed by atoms with Gasteiger partial charge in [-0.2, -0.15) is 26.3 Å². The zero-order valence-electron chi connectivity index (χ0n) is 8.36. The van der Waals surface area contributed by atoms with Gasteiger partial charge in [0.1, 0.15) is 0 Å². The van der Waals surface area contributed by atoms with Crippen LogP contribution >= 0.6 is 0 Å². The summed E-state index contributed by atoms with van der Waals surface area (Å²) in [6.07, 6.45) is -4.40. The lowest BCUT2D eigenvalue weighted by atomic mass is 10.1. The Morgan fingerprint density at radius 2 is 1.82 bits per heavy atom. The van der Waals surface area contributed by atoms with Gasteiger partial charge in [0.05, 0.1) is 18.2 Å². The highest BCUT2D eigenvalue weighted by molar-refractivity contribution is 7.84. The van der Waals surface area contributed by atoms with E-state index in [2.05, 4.69) is 8.91 Å². The summed E-state index contributed by atoms with van der Waals surface area (Å²) in [7, 11) is -3.75. The Hall–Kier alpha value is -1.12. The number of halogens is 3. The normalized spacial score (nSPS) is 23.8. The van der Waals surface area contributed by atoms with Gasteiger partial charge in [-0.25, -0.2) is 0 Å². The van der Waals surface area contributed by atoms with E-state index in [-0.39, 0.29) is 6.61 Å². The third-order valence-corrected chi connectivity index (χ3v) is 3.34. The molecule has 0 aromatic heterocycles. The zero-order chi connectivity index (χ0) is 12.7. The summed E-state index contributed by atoms with van der Waals surface area (Å²) in [5, 5.41) is 0. The van der Waals surface area contributed by atoms with Gasteiger partial charge in [0, 0.05) is 0 Å². The Balaban J connectivity index is 2.20. The van der Waals surface area contributed by atoms with Crippen LogP contribution in [-0.2, 0) is 20.7 Å². The first-order valence-corrected chi connectivity index (χ1v) is 6.02. The summed E-state index contributed by atoms with van der Waals surface area (Å²) in [4.78, 5) is 0. The van der Waals surface area contributed by atoms with E-state index >= 15 is 0 Å². The predicted octanol–water partition coefficient (Wildman–Crippen LogP) is 1.61. The molecule has 0 saturated carbocycles. The molecule has 1 aromatic carbocycles. The van der Waals surface area contributed by atoms with Crippen molar-refractivity contribution in [3.8, 4) is 0 Å². The third kappa shape index (κ3) is 2.76. The van der Waals surface area contributed by atoms with Crippen LogP contribution in [0.3, 0.4) is 0 Å². The highest BCUT2D eigenvalue weighted by Crippen LogP contribution is 2.30. The smallest absolute Gasteiger partial charge is 0.256 e. The molecule has 94 valence electrons. The molecule has 1 fully saturated rings. The molecule has 8 heteroatoms. The summed E-state index contributed by atoms with van der Waals surface area (Å²) < 4.78 is 65.3. The first-order chi connectivity index (χ1) is 7.78. The van der Waals surface area contributed by atoms with E-state index in [0.29, 0.717) is 5.56 Å². The quantitative estimate of drug-likeness (QED) is 0.841. The Morgan fingerprint density at radius 1 is 1.24 bits per heavy atom. The first-order valence-electron chi connectivity index (χ1n) is 4.62. The number of hydrogen-bond acceptors (Lipinski definition) is 3. The van der Waals surface area contributed by atoms with E-state index in [1.807, 2.05) is 0 Å². The summed E-state index contributed by atoms with van der Waals surface area (Å²) in [5.41, 5.74) is -0.345. The van der Waals surface area contributed by atoms with Gasteiger partial charge in [0.15, 0.2) is 0 Å². The summed E-state index contributed by atoms with van der Waals surface area (Å²) in [6, 6.07) is 3.63. The monoisotopic (exact) mass is 267 g/mol. The molecule has 1 atom stereocenters. The number of rotatable bonds is 1. The van der Waals surface area contributed by atoms with Gasteiger partial charge in [-0.1, -0.05) is 12.1 Å². The molecule has 4 nitrogen and oxygen atoms in total. The SMILES string of the molecule is O=S1(=O)N[C@@H](c2ccc(C(F)(F)F)cc2)CO1. The van der Waals surface area contributed by atoms with Crippen molar-refractivity contribution in [2.24, 2.45) is 0 Å². The van der Waals surface area contributed by atoms with Crippen molar-refractivity contribution < 1.29 is 25.8 Å². The molecule has 1 aliphatic heterocycles. The second kappa shape index (κ2) is 3.97. The van der Waals surface area contributed by atoms with E-state index in [1.165, 1.54) is 12.1 Å². The van der Waals surface area contributed by atoms with Gasteiger partial charge in [-0.15, -0.1) is 0 Å². The van der Waals surface area contributed by atoms with Crippen molar-refractivity contribution >= 4 is 10.3 Å². The lowest BCUT2D eigenvalue weighted by Gasteiger charge is -2.10. The molecule has 1 aliphatic rings. The van der Waals surface area contributed by atoms with Crippen LogP contribution in [0.2, 0.25) is 0 Å². The molecule has 17 heavy (non-hydrogen) atoms. The number of benzene rings is 1. The van der Waals surface area contributed by atoms with E-state index in [1.54, 1.807) is 0 Å².